The molecule has 1 aromatic heterocycles. The Labute approximate surface area is 160 Å². The minimum atomic E-state index is -0.709. The molecule has 0 radical (unpaired) electrons. The summed E-state index contributed by atoms with van der Waals surface area (Å²) in [6, 6.07) is 5.69. The van der Waals surface area contributed by atoms with E-state index in [4.69, 9.17) is 9.47 Å². The molecule has 1 amide bonds. The molecule has 0 unspecified atom stereocenters. The first kappa shape index (κ1) is 20.6. The van der Waals surface area contributed by atoms with Gasteiger partial charge in [-0.25, -0.2) is 9.97 Å². The van der Waals surface area contributed by atoms with Crippen LogP contribution >= 0.6 is 0 Å². The Bertz CT molecular complexity index is 845. The maximum atomic E-state index is 12.0. The number of benzene rings is 1. The first-order valence-electron chi connectivity index (χ1n) is 8.25. The maximum Gasteiger partial charge on any atom is 0.326 e. The highest BCUT2D eigenvalue weighted by Crippen LogP contribution is 2.29. The van der Waals surface area contributed by atoms with Gasteiger partial charge in [0.05, 0.1) is 17.6 Å². The van der Waals surface area contributed by atoms with Crippen molar-refractivity contribution in [1.82, 2.24) is 9.97 Å². The molecule has 2 aromatic rings. The lowest BCUT2D eigenvalue weighted by Crippen LogP contribution is -2.30. The number of ether oxygens (including phenoxy) is 2. The summed E-state index contributed by atoms with van der Waals surface area (Å²) in [5.74, 6) is -0.746. The summed E-state index contributed by atoms with van der Waals surface area (Å²) in [7, 11) is 1.60. The van der Waals surface area contributed by atoms with E-state index in [-0.39, 0.29) is 17.9 Å². The fraction of sp³-hybridized carbons (Fsp3) is 0.294. The second kappa shape index (κ2) is 9.80. The lowest BCUT2D eigenvalue weighted by atomic mass is 10.2. The van der Waals surface area contributed by atoms with E-state index in [1.165, 1.54) is 35.5 Å². The first-order valence-corrected chi connectivity index (χ1v) is 8.25. The van der Waals surface area contributed by atoms with Crippen LogP contribution in [-0.4, -0.2) is 53.6 Å². The van der Waals surface area contributed by atoms with Crippen molar-refractivity contribution in [3.63, 3.8) is 0 Å². The molecule has 0 aliphatic carbocycles. The van der Waals surface area contributed by atoms with Crippen LogP contribution in [-0.2, 0) is 14.3 Å². The van der Waals surface area contributed by atoms with Gasteiger partial charge in [0.15, 0.2) is 6.61 Å². The van der Waals surface area contributed by atoms with E-state index in [0.29, 0.717) is 18.3 Å². The van der Waals surface area contributed by atoms with Crippen molar-refractivity contribution in [2.75, 3.05) is 37.0 Å². The van der Waals surface area contributed by atoms with Crippen LogP contribution in [0, 0.1) is 10.1 Å². The summed E-state index contributed by atoms with van der Waals surface area (Å²) >= 11 is 0. The zero-order valence-electron chi connectivity index (χ0n) is 15.3. The number of carbonyl (C=O) groups excluding carboxylic acids is 2. The Kier molecular flexibility index (Phi) is 7.20. The molecule has 0 atom stereocenters. The van der Waals surface area contributed by atoms with Crippen LogP contribution in [0.25, 0.3) is 0 Å². The van der Waals surface area contributed by atoms with Crippen molar-refractivity contribution >= 4 is 29.2 Å². The van der Waals surface area contributed by atoms with Crippen LogP contribution in [0.5, 0.6) is 5.75 Å². The number of nitro groups is 1. The number of nitrogens with zero attached hydrogens (tertiary/aromatic N) is 4. The average molecular weight is 389 g/mol. The van der Waals surface area contributed by atoms with E-state index in [2.05, 4.69) is 15.3 Å². The second-order valence-corrected chi connectivity index (χ2v) is 5.48. The summed E-state index contributed by atoms with van der Waals surface area (Å²) in [6.07, 6.45) is 3.06. The predicted molar refractivity (Wildman–Crippen MR) is 99.2 cm³/mol. The zero-order valence-corrected chi connectivity index (χ0v) is 15.3. The summed E-state index contributed by atoms with van der Waals surface area (Å²) in [6.45, 7) is 1.34. The largest absolute Gasteiger partial charge is 0.494 e. The van der Waals surface area contributed by atoms with Gasteiger partial charge in [0, 0.05) is 19.4 Å². The molecular formula is C17H19N5O6. The number of aromatic nitrogens is 2. The van der Waals surface area contributed by atoms with E-state index in [0.717, 1.165) is 0 Å². The van der Waals surface area contributed by atoms with Crippen molar-refractivity contribution in [2.24, 2.45) is 0 Å². The maximum absolute atomic E-state index is 12.0. The monoisotopic (exact) mass is 389 g/mol. The molecule has 0 aliphatic rings. The third-order valence-corrected chi connectivity index (χ3v) is 3.38. The highest BCUT2D eigenvalue weighted by atomic mass is 16.6. The third-order valence-electron chi connectivity index (χ3n) is 3.38. The summed E-state index contributed by atoms with van der Waals surface area (Å²) in [5, 5.41) is 13.5. The van der Waals surface area contributed by atoms with Gasteiger partial charge in [-0.3, -0.25) is 19.7 Å². The smallest absolute Gasteiger partial charge is 0.326 e. The Balaban J connectivity index is 1.90. The minimum absolute atomic E-state index is 0.0238. The Hall–Kier alpha value is -3.76. The van der Waals surface area contributed by atoms with Gasteiger partial charge < -0.3 is 19.7 Å². The SMILES string of the molecule is CCOc1ccc(NC(=O)COC(=O)CN(C)c2ncccn2)c([N+](=O)[O-])c1. The molecule has 1 aromatic carbocycles. The van der Waals surface area contributed by atoms with Gasteiger partial charge in [0.1, 0.15) is 18.0 Å². The number of likely N-dealkylation sites (N-methyl/N-ethyl adjacent to an activating group) is 1. The highest BCUT2D eigenvalue weighted by Gasteiger charge is 2.18. The van der Waals surface area contributed by atoms with Gasteiger partial charge in [-0.1, -0.05) is 0 Å². The molecule has 11 heteroatoms. The molecule has 0 saturated heterocycles. The summed E-state index contributed by atoms with van der Waals surface area (Å²) < 4.78 is 10.1. The van der Waals surface area contributed by atoms with Crippen LogP contribution < -0.4 is 15.0 Å². The number of carbonyl (C=O) groups is 2. The summed E-state index contributed by atoms with van der Waals surface area (Å²) in [4.78, 5) is 43.8. The Morgan fingerprint density at radius 2 is 2.00 bits per heavy atom. The number of nitrogens with one attached hydrogen (secondary N) is 1. The van der Waals surface area contributed by atoms with Gasteiger partial charge in [-0.15, -0.1) is 0 Å². The lowest BCUT2D eigenvalue weighted by molar-refractivity contribution is -0.384. The van der Waals surface area contributed by atoms with Gasteiger partial charge in [-0.05, 0) is 25.1 Å². The van der Waals surface area contributed by atoms with E-state index in [9.17, 15) is 19.7 Å². The fourth-order valence-electron chi connectivity index (χ4n) is 2.16. The van der Waals surface area contributed by atoms with E-state index >= 15 is 0 Å². The van der Waals surface area contributed by atoms with Gasteiger partial charge >= 0.3 is 5.97 Å². The molecule has 28 heavy (non-hydrogen) atoms. The van der Waals surface area contributed by atoms with Crippen LogP contribution in [0.3, 0.4) is 0 Å². The van der Waals surface area contributed by atoms with Crippen LogP contribution in [0.1, 0.15) is 6.92 Å². The number of rotatable bonds is 9. The molecule has 0 bridgehead atoms. The molecule has 0 aliphatic heterocycles. The Morgan fingerprint density at radius 3 is 2.64 bits per heavy atom. The third kappa shape index (κ3) is 5.90. The van der Waals surface area contributed by atoms with E-state index in [1.807, 2.05) is 0 Å². The van der Waals surface area contributed by atoms with Crippen molar-refractivity contribution in [3.8, 4) is 5.75 Å². The second-order valence-electron chi connectivity index (χ2n) is 5.48. The molecule has 0 fully saturated rings. The molecule has 148 valence electrons. The van der Waals surface area contributed by atoms with Gasteiger partial charge in [0.2, 0.25) is 5.95 Å². The van der Waals surface area contributed by atoms with Crippen molar-refractivity contribution in [3.05, 3.63) is 46.8 Å². The topological polar surface area (TPSA) is 137 Å². The number of nitro benzene ring substituents is 1. The van der Waals surface area contributed by atoms with Gasteiger partial charge in [-0.2, -0.15) is 0 Å². The zero-order chi connectivity index (χ0) is 20.5. The Morgan fingerprint density at radius 1 is 1.29 bits per heavy atom. The van der Waals surface area contributed by atoms with Gasteiger partial charge in [0.25, 0.3) is 11.6 Å². The number of esters is 1. The number of amides is 1. The normalized spacial score (nSPS) is 10.1. The van der Waals surface area contributed by atoms with Crippen LogP contribution in [0.15, 0.2) is 36.7 Å². The standard InChI is InChI=1S/C17H19N5O6/c1-3-27-12-5-6-13(14(9-12)22(25)26)20-15(23)11-28-16(24)10-21(2)17-18-7-4-8-19-17/h4-9H,3,10-11H2,1-2H3,(H,20,23). The van der Waals surface area contributed by atoms with Crippen molar-refractivity contribution in [2.45, 2.75) is 6.92 Å². The summed E-state index contributed by atoms with van der Waals surface area (Å²) in [5.41, 5.74) is -0.351. The quantitative estimate of drug-likeness (QED) is 0.383. The van der Waals surface area contributed by atoms with Crippen molar-refractivity contribution < 1.29 is 24.0 Å². The number of hydrogen-bond donors (Lipinski definition) is 1. The number of hydrogen-bond acceptors (Lipinski definition) is 9. The molecule has 0 saturated carbocycles. The highest BCUT2D eigenvalue weighted by molar-refractivity contribution is 5.95. The van der Waals surface area contributed by atoms with E-state index < -0.39 is 23.4 Å². The van der Waals surface area contributed by atoms with Crippen LogP contribution in [0.2, 0.25) is 0 Å². The molecule has 1 heterocycles. The molecular weight excluding hydrogens is 370 g/mol. The molecule has 0 spiro atoms. The molecule has 1 N–H and O–H groups in total. The number of anilines is 2. The molecule has 11 nitrogen and oxygen atoms in total. The lowest BCUT2D eigenvalue weighted by Gasteiger charge is -2.15. The predicted octanol–water partition coefficient (Wildman–Crippen LogP) is 1.40. The average Bonchev–Trinajstić information content (AvgIpc) is 2.68. The van der Waals surface area contributed by atoms with E-state index in [1.54, 1.807) is 20.0 Å². The van der Waals surface area contributed by atoms with Crippen molar-refractivity contribution in [1.29, 1.82) is 0 Å². The van der Waals surface area contributed by atoms with Crippen LogP contribution in [0.4, 0.5) is 17.3 Å². The fourth-order valence-corrected chi connectivity index (χ4v) is 2.16. The first-order chi connectivity index (χ1) is 13.4. The molecule has 2 rings (SSSR count). The minimum Gasteiger partial charge on any atom is -0.494 e.